The van der Waals surface area contributed by atoms with Crippen LogP contribution in [0.25, 0.3) is 0 Å². The Morgan fingerprint density at radius 3 is 2.14 bits per heavy atom. The van der Waals surface area contributed by atoms with Gasteiger partial charge in [0.2, 0.25) is 11.8 Å². The molecule has 0 bridgehead atoms. The zero-order valence-corrected chi connectivity index (χ0v) is 16.3. The van der Waals surface area contributed by atoms with Gasteiger partial charge in [-0.25, -0.2) is 0 Å². The van der Waals surface area contributed by atoms with Crippen LogP contribution in [0.1, 0.15) is 31.1 Å². The predicted octanol–water partition coefficient (Wildman–Crippen LogP) is 3.08. The smallest absolute Gasteiger partial charge is 0.251 e. The molecule has 4 N–H and O–H groups in total. The first-order valence-corrected chi connectivity index (χ1v) is 9.22. The Morgan fingerprint density at radius 1 is 0.893 bits per heavy atom. The molecule has 2 rings (SSSR count). The van der Waals surface area contributed by atoms with Crippen molar-refractivity contribution < 1.29 is 14.4 Å². The highest BCUT2D eigenvalue weighted by Crippen LogP contribution is 2.16. The fourth-order valence-corrected chi connectivity index (χ4v) is 2.35. The molecule has 0 spiro atoms. The number of carbonyl (C=O) groups excluding carboxylic acids is 3. The lowest BCUT2D eigenvalue weighted by molar-refractivity contribution is -0.119. The molecule has 0 heterocycles. The van der Waals surface area contributed by atoms with Crippen molar-refractivity contribution in [1.29, 1.82) is 0 Å². The average molecular weight is 382 g/mol. The van der Waals surface area contributed by atoms with Gasteiger partial charge in [-0.15, -0.1) is 0 Å². The highest BCUT2D eigenvalue weighted by molar-refractivity contribution is 5.96. The van der Waals surface area contributed by atoms with E-state index in [1.807, 2.05) is 20.8 Å². The molecular formula is C21H26N4O3. The summed E-state index contributed by atoms with van der Waals surface area (Å²) in [5.41, 5.74) is 2.53. The van der Waals surface area contributed by atoms with E-state index in [1.54, 1.807) is 48.5 Å². The van der Waals surface area contributed by atoms with Crippen molar-refractivity contribution in [2.45, 2.75) is 20.8 Å². The van der Waals surface area contributed by atoms with Gasteiger partial charge < -0.3 is 21.3 Å². The molecule has 0 aliphatic rings. The minimum absolute atomic E-state index is 0.0725. The minimum Gasteiger partial charge on any atom is -0.376 e. The Hall–Kier alpha value is -3.35. The second kappa shape index (κ2) is 10.1. The number of nitrogens with one attached hydrogen (secondary N) is 4. The summed E-state index contributed by atoms with van der Waals surface area (Å²) < 4.78 is 0. The molecule has 148 valence electrons. The number of benzene rings is 2. The van der Waals surface area contributed by atoms with Gasteiger partial charge in [-0.05, 0) is 49.4 Å². The van der Waals surface area contributed by atoms with Gasteiger partial charge in [-0.1, -0.05) is 19.9 Å². The molecule has 0 atom stereocenters. The van der Waals surface area contributed by atoms with Gasteiger partial charge in [0.15, 0.2) is 0 Å². The molecule has 2 aromatic rings. The number of hydrogen-bond donors (Lipinski definition) is 4. The van der Waals surface area contributed by atoms with Crippen molar-refractivity contribution in [2.75, 3.05) is 29.0 Å². The summed E-state index contributed by atoms with van der Waals surface area (Å²) in [6.07, 6.45) is 0. The summed E-state index contributed by atoms with van der Waals surface area (Å²) in [5, 5.41) is 11.3. The van der Waals surface area contributed by atoms with E-state index in [0.717, 1.165) is 5.69 Å². The summed E-state index contributed by atoms with van der Waals surface area (Å²) in [5.74, 6) is -0.556. The normalized spacial score (nSPS) is 10.3. The van der Waals surface area contributed by atoms with Crippen LogP contribution < -0.4 is 21.3 Å². The van der Waals surface area contributed by atoms with Crippen LogP contribution in [-0.4, -0.2) is 30.8 Å². The third kappa shape index (κ3) is 6.42. The highest BCUT2D eigenvalue weighted by Gasteiger charge is 2.09. The summed E-state index contributed by atoms with van der Waals surface area (Å²) in [4.78, 5) is 35.7. The van der Waals surface area contributed by atoms with Crippen LogP contribution in [-0.2, 0) is 9.59 Å². The van der Waals surface area contributed by atoms with Gasteiger partial charge >= 0.3 is 0 Å². The van der Waals surface area contributed by atoms with Gasteiger partial charge in [0, 0.05) is 35.1 Å². The number of anilines is 3. The minimum atomic E-state index is -0.222. The van der Waals surface area contributed by atoms with Gasteiger partial charge in [-0.2, -0.15) is 0 Å². The standard InChI is InChI=1S/C21H26N4O3/c1-4-22-21(28)15-8-10-16(11-9-15)23-13-19(26)24-17-6-5-7-18(12-17)25-20(27)14(2)3/h5-12,14,23H,4,13H2,1-3H3,(H,22,28)(H,24,26)(H,25,27). The van der Waals surface area contributed by atoms with E-state index in [4.69, 9.17) is 0 Å². The van der Waals surface area contributed by atoms with Gasteiger partial charge in [-0.3, -0.25) is 14.4 Å². The first-order valence-electron chi connectivity index (χ1n) is 9.22. The summed E-state index contributed by atoms with van der Waals surface area (Å²) >= 11 is 0. The topological polar surface area (TPSA) is 99.3 Å². The van der Waals surface area contributed by atoms with Crippen LogP contribution in [0.15, 0.2) is 48.5 Å². The van der Waals surface area contributed by atoms with Gasteiger partial charge in [0.1, 0.15) is 0 Å². The third-order valence-corrected chi connectivity index (χ3v) is 3.88. The fraction of sp³-hybridized carbons (Fsp3) is 0.286. The van der Waals surface area contributed by atoms with Crippen LogP contribution in [0.2, 0.25) is 0 Å². The molecule has 7 nitrogen and oxygen atoms in total. The van der Waals surface area contributed by atoms with Crippen LogP contribution in [0.3, 0.4) is 0 Å². The lowest BCUT2D eigenvalue weighted by Crippen LogP contribution is -2.23. The van der Waals surface area contributed by atoms with Gasteiger partial charge in [0.05, 0.1) is 6.54 Å². The maximum absolute atomic E-state index is 12.2. The number of carbonyl (C=O) groups is 3. The molecule has 0 aromatic heterocycles. The van der Waals surface area contributed by atoms with E-state index in [-0.39, 0.29) is 30.2 Å². The van der Waals surface area contributed by atoms with Crippen molar-refractivity contribution in [1.82, 2.24) is 5.32 Å². The molecule has 7 heteroatoms. The molecule has 0 aliphatic heterocycles. The maximum atomic E-state index is 12.2. The monoisotopic (exact) mass is 382 g/mol. The molecule has 3 amide bonds. The fourth-order valence-electron chi connectivity index (χ4n) is 2.35. The Balaban J connectivity index is 1.87. The number of rotatable bonds is 8. The Labute approximate surface area is 164 Å². The quantitative estimate of drug-likeness (QED) is 0.564. The van der Waals surface area contributed by atoms with E-state index >= 15 is 0 Å². The molecular weight excluding hydrogens is 356 g/mol. The van der Waals surface area contributed by atoms with Crippen molar-refractivity contribution >= 4 is 34.8 Å². The summed E-state index contributed by atoms with van der Waals surface area (Å²) in [7, 11) is 0. The second-order valence-corrected chi connectivity index (χ2v) is 6.56. The van der Waals surface area contributed by atoms with E-state index in [1.165, 1.54) is 0 Å². The Morgan fingerprint density at radius 2 is 1.54 bits per heavy atom. The highest BCUT2D eigenvalue weighted by atomic mass is 16.2. The predicted molar refractivity (Wildman–Crippen MR) is 111 cm³/mol. The molecule has 0 unspecified atom stereocenters. The van der Waals surface area contributed by atoms with Crippen LogP contribution in [0.5, 0.6) is 0 Å². The first-order chi connectivity index (χ1) is 13.4. The molecule has 2 aromatic carbocycles. The lowest BCUT2D eigenvalue weighted by atomic mass is 10.2. The van der Waals surface area contributed by atoms with E-state index in [9.17, 15) is 14.4 Å². The van der Waals surface area contributed by atoms with Crippen LogP contribution in [0.4, 0.5) is 17.1 Å². The van der Waals surface area contributed by atoms with Gasteiger partial charge in [0.25, 0.3) is 5.91 Å². The molecule has 0 fully saturated rings. The lowest BCUT2D eigenvalue weighted by Gasteiger charge is -2.11. The van der Waals surface area contributed by atoms with Crippen LogP contribution in [0, 0.1) is 5.92 Å². The molecule has 0 radical (unpaired) electrons. The van der Waals surface area contributed by atoms with Crippen molar-refractivity contribution in [2.24, 2.45) is 5.92 Å². The third-order valence-electron chi connectivity index (χ3n) is 3.88. The Bertz CT molecular complexity index is 832. The van der Waals surface area contributed by atoms with Crippen molar-refractivity contribution in [3.8, 4) is 0 Å². The number of amides is 3. The van der Waals surface area contributed by atoms with Crippen LogP contribution >= 0.6 is 0 Å². The molecule has 0 saturated carbocycles. The summed E-state index contributed by atoms with van der Waals surface area (Å²) in [6.45, 7) is 6.13. The van der Waals surface area contributed by atoms with Crippen molar-refractivity contribution in [3.63, 3.8) is 0 Å². The number of hydrogen-bond acceptors (Lipinski definition) is 4. The first kappa shape index (κ1) is 21.0. The largest absolute Gasteiger partial charge is 0.376 e. The van der Waals surface area contributed by atoms with E-state index < -0.39 is 0 Å². The SMILES string of the molecule is CCNC(=O)c1ccc(NCC(=O)Nc2cccc(NC(=O)C(C)C)c2)cc1. The summed E-state index contributed by atoms with van der Waals surface area (Å²) in [6, 6.07) is 13.9. The maximum Gasteiger partial charge on any atom is 0.251 e. The molecule has 28 heavy (non-hydrogen) atoms. The van der Waals surface area contributed by atoms with Crippen molar-refractivity contribution in [3.05, 3.63) is 54.1 Å². The zero-order chi connectivity index (χ0) is 20.5. The molecule has 0 aliphatic carbocycles. The Kier molecular flexibility index (Phi) is 7.56. The van der Waals surface area contributed by atoms with E-state index in [0.29, 0.717) is 23.5 Å². The average Bonchev–Trinajstić information content (AvgIpc) is 2.67. The molecule has 0 saturated heterocycles. The zero-order valence-electron chi connectivity index (χ0n) is 16.3. The second-order valence-electron chi connectivity index (χ2n) is 6.56. The van der Waals surface area contributed by atoms with E-state index in [2.05, 4.69) is 21.3 Å².